The van der Waals surface area contributed by atoms with E-state index >= 15 is 0 Å². The highest BCUT2D eigenvalue weighted by Gasteiger charge is 2.15. The van der Waals surface area contributed by atoms with Gasteiger partial charge in [0.25, 0.3) is 0 Å². The molecule has 0 spiro atoms. The molecule has 0 aromatic heterocycles. The van der Waals surface area contributed by atoms with Gasteiger partial charge >= 0.3 is 0 Å². The van der Waals surface area contributed by atoms with E-state index in [1.807, 2.05) is 6.07 Å². The number of rotatable bonds is 7. The molecule has 3 heteroatoms. The largest absolute Gasteiger partial charge is 0.496 e. The molecule has 108 valence electrons. The standard InChI is InChI=1S/C16H27NO2/c1-5-6-14(17)15(18)9-7-13-8-10-16(19-4)12(3)11(13)2/h8,10,14-15,18H,5-7,9,17H2,1-4H3. The Morgan fingerprint density at radius 3 is 2.47 bits per heavy atom. The number of hydrogen-bond acceptors (Lipinski definition) is 3. The van der Waals surface area contributed by atoms with Gasteiger partial charge in [0.1, 0.15) is 5.75 Å². The van der Waals surface area contributed by atoms with Crippen molar-refractivity contribution in [3.63, 3.8) is 0 Å². The van der Waals surface area contributed by atoms with Gasteiger partial charge in [-0.25, -0.2) is 0 Å². The predicted octanol–water partition coefficient (Wildman–Crippen LogP) is 2.73. The number of benzene rings is 1. The SMILES string of the molecule is CCCC(N)C(O)CCc1ccc(OC)c(C)c1C. The molecular formula is C16H27NO2. The van der Waals surface area contributed by atoms with Gasteiger partial charge in [0.2, 0.25) is 0 Å². The van der Waals surface area contributed by atoms with E-state index in [1.54, 1.807) is 7.11 Å². The number of ether oxygens (including phenoxy) is 1. The molecule has 1 aromatic carbocycles. The second-order valence-electron chi connectivity index (χ2n) is 5.24. The molecule has 0 heterocycles. The van der Waals surface area contributed by atoms with Crippen LogP contribution in [-0.4, -0.2) is 24.4 Å². The normalized spacial score (nSPS) is 14.2. The van der Waals surface area contributed by atoms with Gasteiger partial charge in [-0.1, -0.05) is 19.4 Å². The molecule has 0 amide bonds. The molecule has 0 bridgehead atoms. The van der Waals surface area contributed by atoms with Crippen LogP contribution in [0.25, 0.3) is 0 Å². The van der Waals surface area contributed by atoms with Crippen molar-refractivity contribution in [2.24, 2.45) is 5.73 Å². The highest BCUT2D eigenvalue weighted by atomic mass is 16.5. The summed E-state index contributed by atoms with van der Waals surface area (Å²) in [5.74, 6) is 0.921. The Hall–Kier alpha value is -1.06. The van der Waals surface area contributed by atoms with Crippen molar-refractivity contribution in [2.45, 2.75) is 58.6 Å². The van der Waals surface area contributed by atoms with Crippen molar-refractivity contribution in [3.05, 3.63) is 28.8 Å². The molecule has 1 aromatic rings. The first-order valence-corrected chi connectivity index (χ1v) is 7.08. The minimum absolute atomic E-state index is 0.107. The molecule has 0 aliphatic rings. The average molecular weight is 265 g/mol. The lowest BCUT2D eigenvalue weighted by Gasteiger charge is -2.19. The number of methoxy groups -OCH3 is 1. The summed E-state index contributed by atoms with van der Waals surface area (Å²) >= 11 is 0. The average Bonchev–Trinajstić information content (AvgIpc) is 2.40. The van der Waals surface area contributed by atoms with E-state index in [-0.39, 0.29) is 6.04 Å². The molecule has 0 radical (unpaired) electrons. The van der Waals surface area contributed by atoms with Gasteiger partial charge in [-0.15, -0.1) is 0 Å². The molecular weight excluding hydrogens is 238 g/mol. The fourth-order valence-electron chi connectivity index (χ4n) is 2.39. The molecule has 3 N–H and O–H groups in total. The van der Waals surface area contributed by atoms with Crippen LogP contribution in [-0.2, 0) is 6.42 Å². The van der Waals surface area contributed by atoms with Gasteiger partial charge in [0, 0.05) is 6.04 Å². The number of hydrogen-bond donors (Lipinski definition) is 2. The van der Waals surface area contributed by atoms with E-state index in [9.17, 15) is 5.11 Å². The van der Waals surface area contributed by atoms with Gasteiger partial charge in [-0.2, -0.15) is 0 Å². The summed E-state index contributed by atoms with van der Waals surface area (Å²) in [6.45, 7) is 6.26. The zero-order valence-corrected chi connectivity index (χ0v) is 12.6. The van der Waals surface area contributed by atoms with Crippen molar-refractivity contribution in [3.8, 4) is 5.75 Å². The second-order valence-corrected chi connectivity index (χ2v) is 5.24. The fourth-order valence-corrected chi connectivity index (χ4v) is 2.39. The molecule has 3 nitrogen and oxygen atoms in total. The molecule has 0 aliphatic heterocycles. The van der Waals surface area contributed by atoms with Crippen LogP contribution < -0.4 is 10.5 Å². The summed E-state index contributed by atoms with van der Waals surface area (Å²) < 4.78 is 5.31. The van der Waals surface area contributed by atoms with E-state index in [2.05, 4.69) is 26.8 Å². The Bertz CT molecular complexity index is 404. The summed E-state index contributed by atoms with van der Waals surface area (Å²) in [6, 6.07) is 3.97. The van der Waals surface area contributed by atoms with Gasteiger partial charge < -0.3 is 15.6 Å². The van der Waals surface area contributed by atoms with Gasteiger partial charge in [-0.05, 0) is 55.9 Å². The molecule has 0 aliphatic carbocycles. The fraction of sp³-hybridized carbons (Fsp3) is 0.625. The van der Waals surface area contributed by atoms with Crippen molar-refractivity contribution < 1.29 is 9.84 Å². The highest BCUT2D eigenvalue weighted by molar-refractivity contribution is 5.43. The van der Waals surface area contributed by atoms with Crippen molar-refractivity contribution >= 4 is 0 Å². The summed E-state index contributed by atoms with van der Waals surface area (Å²) in [4.78, 5) is 0. The third-order valence-corrected chi connectivity index (χ3v) is 3.90. The van der Waals surface area contributed by atoms with E-state index in [1.165, 1.54) is 16.7 Å². The molecule has 2 unspecified atom stereocenters. The third-order valence-electron chi connectivity index (χ3n) is 3.90. The quantitative estimate of drug-likeness (QED) is 0.797. The molecule has 2 atom stereocenters. The summed E-state index contributed by atoms with van der Waals surface area (Å²) in [7, 11) is 1.69. The maximum Gasteiger partial charge on any atom is 0.122 e. The number of aryl methyl sites for hydroxylation is 1. The van der Waals surface area contributed by atoms with Crippen LogP contribution in [0.15, 0.2) is 12.1 Å². The van der Waals surface area contributed by atoms with E-state index in [0.29, 0.717) is 6.42 Å². The first-order valence-electron chi connectivity index (χ1n) is 7.08. The summed E-state index contributed by atoms with van der Waals surface area (Å²) in [6.07, 6.45) is 3.05. The molecule has 0 saturated carbocycles. The molecule has 19 heavy (non-hydrogen) atoms. The van der Waals surface area contributed by atoms with Gasteiger partial charge in [0.05, 0.1) is 13.2 Å². The van der Waals surface area contributed by atoms with Crippen LogP contribution in [0.4, 0.5) is 0 Å². The Balaban J connectivity index is 2.66. The van der Waals surface area contributed by atoms with E-state index < -0.39 is 6.10 Å². The van der Waals surface area contributed by atoms with Crippen LogP contribution in [0.5, 0.6) is 5.75 Å². The lowest BCUT2D eigenvalue weighted by atomic mass is 9.95. The number of nitrogens with two attached hydrogens (primary N) is 1. The first kappa shape index (κ1) is 16.0. The zero-order valence-electron chi connectivity index (χ0n) is 12.6. The van der Waals surface area contributed by atoms with Crippen LogP contribution in [0, 0.1) is 13.8 Å². The molecule has 0 saturated heterocycles. The van der Waals surface area contributed by atoms with Crippen LogP contribution in [0.1, 0.15) is 42.9 Å². The highest BCUT2D eigenvalue weighted by Crippen LogP contribution is 2.25. The van der Waals surface area contributed by atoms with Crippen molar-refractivity contribution in [1.82, 2.24) is 0 Å². The maximum absolute atomic E-state index is 10.0. The Morgan fingerprint density at radius 2 is 1.89 bits per heavy atom. The first-order chi connectivity index (χ1) is 9.01. The minimum atomic E-state index is -0.415. The predicted molar refractivity (Wildman–Crippen MR) is 79.7 cm³/mol. The maximum atomic E-state index is 10.0. The van der Waals surface area contributed by atoms with E-state index in [0.717, 1.165) is 25.0 Å². The number of aliphatic hydroxyl groups is 1. The lowest BCUT2D eigenvalue weighted by molar-refractivity contribution is 0.131. The Labute approximate surface area is 116 Å². The Kier molecular flexibility index (Phi) is 6.32. The lowest BCUT2D eigenvalue weighted by Crippen LogP contribution is -2.34. The second kappa shape index (κ2) is 7.51. The monoisotopic (exact) mass is 265 g/mol. The van der Waals surface area contributed by atoms with Gasteiger partial charge in [0.15, 0.2) is 0 Å². The van der Waals surface area contributed by atoms with Crippen LogP contribution in [0.2, 0.25) is 0 Å². The van der Waals surface area contributed by atoms with Crippen LogP contribution in [0.3, 0.4) is 0 Å². The number of aliphatic hydroxyl groups excluding tert-OH is 1. The topological polar surface area (TPSA) is 55.5 Å². The van der Waals surface area contributed by atoms with E-state index in [4.69, 9.17) is 10.5 Å². The van der Waals surface area contributed by atoms with Crippen molar-refractivity contribution in [2.75, 3.05) is 7.11 Å². The van der Waals surface area contributed by atoms with Crippen LogP contribution >= 0.6 is 0 Å². The zero-order chi connectivity index (χ0) is 14.4. The van der Waals surface area contributed by atoms with Gasteiger partial charge in [-0.3, -0.25) is 0 Å². The molecule has 1 rings (SSSR count). The van der Waals surface area contributed by atoms with Crippen molar-refractivity contribution in [1.29, 1.82) is 0 Å². The Morgan fingerprint density at radius 1 is 1.21 bits per heavy atom. The summed E-state index contributed by atoms with van der Waals surface area (Å²) in [5.41, 5.74) is 9.62. The molecule has 0 fully saturated rings. The summed E-state index contributed by atoms with van der Waals surface area (Å²) in [5, 5.41) is 10.0. The minimum Gasteiger partial charge on any atom is -0.496 e. The third kappa shape index (κ3) is 4.22. The smallest absolute Gasteiger partial charge is 0.122 e.